The number of aromatic amines is 1. The van der Waals surface area contributed by atoms with Crippen LogP contribution in [0.3, 0.4) is 0 Å². The molecule has 0 saturated carbocycles. The third-order valence-corrected chi connectivity index (χ3v) is 18.7. The lowest BCUT2D eigenvalue weighted by molar-refractivity contribution is -0.386. The molecule has 1 N–H and O–H groups in total. The molecule has 0 spiro atoms. The summed E-state index contributed by atoms with van der Waals surface area (Å²) in [4.78, 5) is 39.7. The molecule has 0 amide bonds. The van der Waals surface area contributed by atoms with E-state index < -0.39 is 51.2 Å². The number of rotatable bonds is 12. The number of nitro benzene ring substituents is 1. The van der Waals surface area contributed by atoms with E-state index >= 15 is 0 Å². The highest BCUT2D eigenvalue weighted by Gasteiger charge is 2.47. The molecule has 13 heteroatoms. The van der Waals surface area contributed by atoms with Gasteiger partial charge in [0.15, 0.2) is 16.6 Å². The molecule has 0 radical (unpaired) electrons. The van der Waals surface area contributed by atoms with Crippen LogP contribution in [0.5, 0.6) is 0 Å². The van der Waals surface area contributed by atoms with Gasteiger partial charge in [-0.3, -0.25) is 24.5 Å². The Kier molecular flexibility index (Phi) is 11.3. The molecule has 3 rings (SSSR count). The minimum atomic E-state index is -2.21. The van der Waals surface area contributed by atoms with Crippen molar-refractivity contribution < 1.29 is 23.2 Å². The highest BCUT2D eigenvalue weighted by molar-refractivity contribution is 6.74. The molecule has 252 valence electrons. The molecule has 1 aromatic carbocycles. The van der Waals surface area contributed by atoms with Crippen LogP contribution in [-0.2, 0) is 24.9 Å². The van der Waals surface area contributed by atoms with Crippen molar-refractivity contribution in [1.29, 1.82) is 0 Å². The first-order chi connectivity index (χ1) is 20.6. The molecule has 0 aliphatic carbocycles. The van der Waals surface area contributed by atoms with Gasteiger partial charge in [-0.2, -0.15) is 0 Å². The number of para-hydroxylation sites is 1. The summed E-state index contributed by atoms with van der Waals surface area (Å²) in [7, 11) is -4.30. The third kappa shape index (κ3) is 8.69. The maximum absolute atomic E-state index is 13.1. The summed E-state index contributed by atoms with van der Waals surface area (Å²) in [5, 5.41) is 11.7. The molecule has 4 atom stereocenters. The van der Waals surface area contributed by atoms with Gasteiger partial charge in [0.1, 0.15) is 12.3 Å². The number of nitrogens with one attached hydrogen (secondary N) is 1. The SMILES string of the molecule is CC(C)[C@H](OCc1cn([C@H]2C[C@@H](O[Si](C)(C)C(C)(C)C)[C@@H](CO[Si](C)(C)C(C)(C)C)O2)c(=O)[nH]c1=O)c1ccccc1[N+](=O)[O-]. The molecule has 0 unspecified atom stereocenters. The lowest BCUT2D eigenvalue weighted by atomic mass is 9.97. The summed E-state index contributed by atoms with van der Waals surface area (Å²) in [6.07, 6.45) is -0.151. The molecule has 2 heterocycles. The van der Waals surface area contributed by atoms with E-state index in [0.29, 0.717) is 18.6 Å². The van der Waals surface area contributed by atoms with Crippen LogP contribution < -0.4 is 11.2 Å². The van der Waals surface area contributed by atoms with Gasteiger partial charge in [-0.15, -0.1) is 0 Å². The minimum Gasteiger partial charge on any atom is -0.414 e. The highest BCUT2D eigenvalue weighted by atomic mass is 28.4. The number of ether oxygens (including phenoxy) is 2. The van der Waals surface area contributed by atoms with Gasteiger partial charge >= 0.3 is 5.69 Å². The Bertz CT molecular complexity index is 1460. The number of nitro groups is 1. The van der Waals surface area contributed by atoms with E-state index in [0.717, 1.165) is 0 Å². The minimum absolute atomic E-state index is 0.0135. The molecule has 1 aliphatic rings. The van der Waals surface area contributed by atoms with E-state index in [1.165, 1.54) is 16.8 Å². The second-order valence-corrected chi connectivity index (χ2v) is 25.0. The fourth-order valence-electron chi connectivity index (χ4n) is 4.77. The maximum atomic E-state index is 13.1. The average Bonchev–Trinajstić information content (AvgIpc) is 3.28. The summed E-state index contributed by atoms with van der Waals surface area (Å²) in [6, 6.07) is 6.42. The van der Waals surface area contributed by atoms with Crippen LogP contribution in [0.25, 0.3) is 0 Å². The van der Waals surface area contributed by atoms with Crippen LogP contribution >= 0.6 is 0 Å². The van der Waals surface area contributed by atoms with Gasteiger partial charge in [-0.25, -0.2) is 4.79 Å². The summed E-state index contributed by atoms with van der Waals surface area (Å²) in [5.41, 5.74) is -0.578. The zero-order valence-corrected chi connectivity index (χ0v) is 31.1. The lowest BCUT2D eigenvalue weighted by Crippen LogP contribution is -2.48. The number of benzene rings is 1. The Morgan fingerprint density at radius 3 is 2.20 bits per heavy atom. The van der Waals surface area contributed by atoms with Crippen molar-refractivity contribution in [2.45, 2.75) is 129 Å². The molecule has 0 bridgehead atoms. The van der Waals surface area contributed by atoms with E-state index in [-0.39, 0.29) is 40.0 Å². The summed E-state index contributed by atoms with van der Waals surface area (Å²) in [6.45, 7) is 25.8. The monoisotopic (exact) mass is 663 g/mol. The van der Waals surface area contributed by atoms with Crippen molar-refractivity contribution in [3.8, 4) is 0 Å². The van der Waals surface area contributed by atoms with Gasteiger partial charge in [0, 0.05) is 18.7 Å². The van der Waals surface area contributed by atoms with Crippen molar-refractivity contribution in [2.75, 3.05) is 6.61 Å². The summed E-state index contributed by atoms with van der Waals surface area (Å²) in [5.74, 6) is -0.121. The van der Waals surface area contributed by atoms with Crippen molar-refractivity contribution in [1.82, 2.24) is 9.55 Å². The fourth-order valence-corrected chi connectivity index (χ4v) is 7.14. The topological polar surface area (TPSA) is 135 Å². The predicted octanol–water partition coefficient (Wildman–Crippen LogP) is 7.06. The second kappa shape index (κ2) is 13.7. The number of hydrogen-bond donors (Lipinski definition) is 1. The number of H-pyrrole nitrogens is 1. The first-order valence-corrected chi connectivity index (χ1v) is 21.5. The van der Waals surface area contributed by atoms with Crippen molar-refractivity contribution >= 4 is 22.3 Å². The lowest BCUT2D eigenvalue weighted by Gasteiger charge is -2.40. The smallest absolute Gasteiger partial charge is 0.330 e. The van der Waals surface area contributed by atoms with E-state index in [1.54, 1.807) is 18.2 Å². The molecular weight excluding hydrogens is 611 g/mol. The Morgan fingerprint density at radius 1 is 1.04 bits per heavy atom. The molecule has 1 aromatic heterocycles. The quantitative estimate of drug-likeness (QED) is 0.145. The van der Waals surface area contributed by atoms with Gasteiger partial charge in [-0.1, -0.05) is 67.5 Å². The normalized spacial score (nSPS) is 20.5. The number of nitrogens with zero attached hydrogens (tertiary/aromatic N) is 2. The van der Waals surface area contributed by atoms with Crippen LogP contribution in [0.1, 0.15) is 85.3 Å². The highest BCUT2D eigenvalue weighted by Crippen LogP contribution is 2.42. The molecule has 1 fully saturated rings. The van der Waals surface area contributed by atoms with Crippen molar-refractivity contribution in [3.05, 3.63) is 72.5 Å². The summed E-state index contributed by atoms with van der Waals surface area (Å²) >= 11 is 0. The molecule has 11 nitrogen and oxygen atoms in total. The standard InChI is InChI=1S/C32H53N3O8Si2/c1-21(2)28(23-15-13-14-16-24(23)35(38)39)40-19-22-18-34(30(37)33-29(22)36)27-17-25(43-45(11,12)32(6,7)8)26(42-27)20-41-44(9,10)31(3,4)5/h13-16,18,21,25-28H,17,19-20H2,1-12H3,(H,33,36,37)/t25-,26-,27-,28+/m1/s1. The van der Waals surface area contributed by atoms with Crippen molar-refractivity contribution in [3.63, 3.8) is 0 Å². The van der Waals surface area contributed by atoms with Gasteiger partial charge in [-0.05, 0) is 48.2 Å². The zero-order valence-electron chi connectivity index (χ0n) is 29.1. The number of hydrogen-bond acceptors (Lipinski definition) is 8. The van der Waals surface area contributed by atoms with E-state index in [9.17, 15) is 19.7 Å². The molecule has 2 aromatic rings. The van der Waals surface area contributed by atoms with Crippen LogP contribution in [0, 0.1) is 16.0 Å². The molecule has 1 saturated heterocycles. The first kappa shape index (κ1) is 37.0. The molecule has 1 aliphatic heterocycles. The van der Waals surface area contributed by atoms with Gasteiger partial charge in [0.2, 0.25) is 0 Å². The first-order valence-electron chi connectivity index (χ1n) is 15.7. The van der Waals surface area contributed by atoms with E-state index in [2.05, 4.69) is 72.7 Å². The van der Waals surface area contributed by atoms with Gasteiger partial charge in [0.05, 0.1) is 41.5 Å². The molecular formula is C32H53N3O8Si2. The Balaban J connectivity index is 1.91. The Hall–Kier alpha value is -2.43. The van der Waals surface area contributed by atoms with Gasteiger partial charge in [0.25, 0.3) is 11.2 Å². The maximum Gasteiger partial charge on any atom is 0.330 e. The number of aromatic nitrogens is 2. The van der Waals surface area contributed by atoms with E-state index in [1.807, 2.05) is 13.8 Å². The van der Waals surface area contributed by atoms with Gasteiger partial charge < -0.3 is 18.3 Å². The largest absolute Gasteiger partial charge is 0.414 e. The predicted molar refractivity (Wildman–Crippen MR) is 181 cm³/mol. The average molecular weight is 664 g/mol. The van der Waals surface area contributed by atoms with Crippen LogP contribution in [-0.4, -0.2) is 49.9 Å². The summed E-state index contributed by atoms with van der Waals surface area (Å²) < 4.78 is 27.4. The van der Waals surface area contributed by atoms with Crippen LogP contribution in [0.2, 0.25) is 36.3 Å². The molecule has 45 heavy (non-hydrogen) atoms. The van der Waals surface area contributed by atoms with Crippen molar-refractivity contribution in [2.24, 2.45) is 5.92 Å². The fraction of sp³-hybridized carbons (Fsp3) is 0.688. The third-order valence-electron chi connectivity index (χ3n) is 9.66. The van der Waals surface area contributed by atoms with Crippen LogP contribution in [0.15, 0.2) is 40.1 Å². The van der Waals surface area contributed by atoms with Crippen LogP contribution in [0.4, 0.5) is 5.69 Å². The Morgan fingerprint density at radius 2 is 1.64 bits per heavy atom. The Labute approximate surface area is 269 Å². The second-order valence-electron chi connectivity index (χ2n) is 15.5. The zero-order chi connectivity index (χ0) is 34.1. The van der Waals surface area contributed by atoms with E-state index in [4.69, 9.17) is 18.3 Å².